The minimum atomic E-state index is -0.541. The third kappa shape index (κ3) is 2.18. The number of hydrogen-bond donors (Lipinski definition) is 0. The van der Waals surface area contributed by atoms with Gasteiger partial charge in [-0.15, -0.1) is 0 Å². The Labute approximate surface area is 57.3 Å². The Hall–Kier alpha value is -0.560. The summed E-state index contributed by atoms with van der Waals surface area (Å²) in [5, 5.41) is 0. The SMILES string of the molecule is [2H]c1c([2H])c([2H])[n+]([2H])c([2H])c1[2H].[Cl-]. The van der Waals surface area contributed by atoms with Crippen molar-refractivity contribution in [1.82, 2.24) is 0 Å². The second kappa shape index (κ2) is 3.62. The Balaban J connectivity index is 0.00000144. The number of aromatic amines is 1. The van der Waals surface area contributed by atoms with Crippen molar-refractivity contribution in [3.63, 3.8) is 0 Å². The maximum atomic E-state index is 7.11. The van der Waals surface area contributed by atoms with E-state index in [4.69, 9.17) is 8.27 Å². The molecule has 0 unspecified atom stereocenters. The van der Waals surface area contributed by atoms with Crippen molar-refractivity contribution < 1.29 is 25.6 Å². The first-order valence-corrected chi connectivity index (χ1v) is 1.45. The molecule has 0 bridgehead atoms. The van der Waals surface area contributed by atoms with E-state index < -0.39 is 30.5 Å². The van der Waals surface area contributed by atoms with Crippen LogP contribution in [0.3, 0.4) is 0 Å². The summed E-state index contributed by atoms with van der Waals surface area (Å²) in [5.74, 6) is 0. The van der Waals surface area contributed by atoms with Crippen LogP contribution in [-0.2, 0) is 0 Å². The van der Waals surface area contributed by atoms with Gasteiger partial charge in [-0.25, -0.2) is 4.98 Å². The highest BCUT2D eigenvalue weighted by molar-refractivity contribution is 4.82. The van der Waals surface area contributed by atoms with Crippen molar-refractivity contribution in [3.8, 4) is 0 Å². The monoisotopic (exact) mass is 121 g/mol. The first-order chi connectivity index (χ1) is 5.46. The van der Waals surface area contributed by atoms with Gasteiger partial charge in [-0.05, 0) is 0 Å². The molecule has 0 aliphatic heterocycles. The smallest absolute Gasteiger partial charge is 0.453 e. The first kappa shape index (κ1) is 1.46. The van der Waals surface area contributed by atoms with Gasteiger partial charge in [0.05, 0.1) is 4.11 Å². The molecule has 1 N–H and O–H groups in total. The quantitative estimate of drug-likeness (QED) is 0.361. The second-order valence-electron chi connectivity index (χ2n) is 0.710. The van der Waals surface area contributed by atoms with E-state index in [2.05, 4.69) is 0 Å². The summed E-state index contributed by atoms with van der Waals surface area (Å²) in [6, 6.07) is -1.47. The fourth-order valence-electron chi connectivity index (χ4n) is 0.171. The Kier molecular flexibility index (Phi) is 0.754. The van der Waals surface area contributed by atoms with E-state index in [1.54, 1.807) is 0 Å². The standard InChI is InChI=1S/C5H5N.ClH/c1-2-4-6-5-3-1;/h1-5H;1H/i1D,2D,3D,4D,5D;/hD. The van der Waals surface area contributed by atoms with Crippen LogP contribution in [0, 0.1) is 0 Å². The highest BCUT2D eigenvalue weighted by Gasteiger charge is 1.65. The van der Waals surface area contributed by atoms with E-state index in [9.17, 15) is 0 Å². The molecule has 0 aliphatic rings. The van der Waals surface area contributed by atoms with Crippen molar-refractivity contribution >= 4 is 0 Å². The molecule has 0 saturated heterocycles. The average Bonchev–Trinajstić information content (AvgIpc) is 2.08. The molecule has 2 heteroatoms. The van der Waals surface area contributed by atoms with Crippen molar-refractivity contribution in [2.45, 2.75) is 0 Å². The lowest BCUT2D eigenvalue weighted by molar-refractivity contribution is -0.377. The normalized spacial score (nSPS) is 18.9. The molecule has 1 rings (SSSR count). The van der Waals surface area contributed by atoms with E-state index >= 15 is 0 Å². The molecule has 0 aromatic carbocycles. The van der Waals surface area contributed by atoms with Crippen molar-refractivity contribution in [2.24, 2.45) is 0 Å². The number of rotatable bonds is 0. The molecule has 1 heterocycles. The lowest BCUT2D eigenvalue weighted by Crippen LogP contribution is -3.00. The Morgan fingerprint density at radius 2 is 1.86 bits per heavy atom. The highest BCUT2D eigenvalue weighted by Crippen LogP contribution is 1.68. The maximum Gasteiger partial charge on any atom is 0.453 e. The molecule has 0 fully saturated rings. The van der Waals surface area contributed by atoms with E-state index in [0.717, 1.165) is 0 Å². The van der Waals surface area contributed by atoms with E-state index in [0.29, 0.717) is 4.98 Å². The summed E-state index contributed by atoms with van der Waals surface area (Å²) in [5.41, 5.74) is 0. The number of H-pyrrole nitrogens is 1. The number of halogens is 1. The summed E-state index contributed by atoms with van der Waals surface area (Å²) >= 11 is 0. The molecule has 0 atom stereocenters. The van der Waals surface area contributed by atoms with Gasteiger partial charge in [-0.3, -0.25) is 0 Å². The van der Waals surface area contributed by atoms with Gasteiger partial charge in [0.2, 0.25) is 0 Å². The molecule has 38 valence electrons. The summed E-state index contributed by atoms with van der Waals surface area (Å²) in [6.45, 7) is 0. The second-order valence-corrected chi connectivity index (χ2v) is 0.710. The van der Waals surface area contributed by atoms with Crippen LogP contribution in [0.2, 0.25) is 1.41 Å². The fourth-order valence-corrected chi connectivity index (χ4v) is 0.171. The highest BCUT2D eigenvalue weighted by atomic mass is 35.5. The minimum absolute atomic E-state index is 0. The Morgan fingerprint density at radius 1 is 1.29 bits per heavy atom. The summed E-state index contributed by atoms with van der Waals surface area (Å²) in [4.78, 5) is 0.350. The van der Waals surface area contributed by atoms with Gasteiger partial charge < -0.3 is 12.4 Å². The molecule has 7 heavy (non-hydrogen) atoms. The molecule has 1 aromatic rings. The van der Waals surface area contributed by atoms with Crippen LogP contribution in [0.15, 0.2) is 30.5 Å². The molecule has 0 radical (unpaired) electrons. The van der Waals surface area contributed by atoms with Crippen molar-refractivity contribution in [3.05, 3.63) is 30.5 Å². The van der Waals surface area contributed by atoms with E-state index in [1.165, 1.54) is 0 Å². The summed E-state index contributed by atoms with van der Waals surface area (Å²) in [6.07, 6.45) is -1.08. The molecule has 0 saturated carbocycles. The van der Waals surface area contributed by atoms with Gasteiger partial charge in [-0.1, -0.05) is 6.04 Å². The van der Waals surface area contributed by atoms with Gasteiger partial charge in [-0.2, -0.15) is 0 Å². The number of hydrogen-bond acceptors (Lipinski definition) is 0. The van der Waals surface area contributed by atoms with Crippen molar-refractivity contribution in [1.29, 1.82) is 0 Å². The maximum absolute atomic E-state index is 7.11. The zero-order chi connectivity index (χ0) is 9.46. The fraction of sp³-hybridized carbons (Fsp3) is 0. The van der Waals surface area contributed by atoms with Crippen LogP contribution in [-0.4, -0.2) is 0 Å². The van der Waals surface area contributed by atoms with Crippen LogP contribution in [0.25, 0.3) is 0 Å². The van der Waals surface area contributed by atoms with Crippen LogP contribution < -0.4 is 17.4 Å². The molecule has 0 aliphatic carbocycles. The Morgan fingerprint density at radius 3 is 2.43 bits per heavy atom. The van der Waals surface area contributed by atoms with Crippen LogP contribution >= 0.6 is 0 Å². The largest absolute Gasteiger partial charge is 1.00 e. The molecule has 1 nitrogen and oxygen atoms in total. The van der Waals surface area contributed by atoms with Crippen LogP contribution in [0.5, 0.6) is 0 Å². The number of nitrogens with one attached hydrogen (secondary N) is 1. The first-order valence-electron chi connectivity index (χ1n) is 4.39. The predicted molar refractivity (Wildman–Crippen MR) is 23.0 cm³/mol. The third-order valence-corrected chi connectivity index (χ3v) is 0.349. The van der Waals surface area contributed by atoms with Gasteiger partial charge in [0.25, 0.3) is 0 Å². The van der Waals surface area contributed by atoms with Gasteiger partial charge in [0.1, 0.15) is 2.74 Å². The van der Waals surface area contributed by atoms with Crippen molar-refractivity contribution in [2.75, 3.05) is 0 Å². The topological polar surface area (TPSA) is 14.1 Å². The lowest BCUT2D eigenvalue weighted by Gasteiger charge is -1.63. The van der Waals surface area contributed by atoms with E-state index in [-0.39, 0.29) is 12.4 Å². The van der Waals surface area contributed by atoms with E-state index in [1.807, 2.05) is 0 Å². The number of aromatic nitrogens is 1. The third-order valence-electron chi connectivity index (χ3n) is 0.349. The minimum Gasteiger partial charge on any atom is -1.00 e. The molecular formula is C5H6ClN. The zero-order valence-electron chi connectivity index (χ0n) is 9.33. The molecule has 0 amide bonds. The predicted octanol–water partition coefficient (Wildman–Crippen LogP) is -2.50. The van der Waals surface area contributed by atoms with Gasteiger partial charge >= 0.3 is 1.41 Å². The Bertz CT molecular complexity index is 235. The summed E-state index contributed by atoms with van der Waals surface area (Å²) < 4.78 is 42.5. The number of pyridine rings is 1. The lowest BCUT2D eigenvalue weighted by atomic mass is 10.5. The molecule has 1 aromatic heterocycles. The average molecular weight is 122 g/mol. The molecule has 0 spiro atoms. The van der Waals surface area contributed by atoms with Crippen LogP contribution in [0.4, 0.5) is 0 Å². The molecular weight excluding hydrogens is 110 g/mol. The van der Waals surface area contributed by atoms with Gasteiger partial charge in [0, 0.05) is 12.1 Å². The zero-order valence-corrected chi connectivity index (χ0v) is 4.08. The van der Waals surface area contributed by atoms with Gasteiger partial charge in [0.15, 0.2) is 12.3 Å². The summed E-state index contributed by atoms with van der Waals surface area (Å²) in [7, 11) is 0. The van der Waals surface area contributed by atoms with Crippen LogP contribution in [0.1, 0.15) is 6.85 Å².